The van der Waals surface area contributed by atoms with Crippen LogP contribution in [0.4, 0.5) is 5.82 Å². The van der Waals surface area contributed by atoms with Gasteiger partial charge in [-0.3, -0.25) is 4.90 Å². The average molecular weight is 302 g/mol. The summed E-state index contributed by atoms with van der Waals surface area (Å²) < 4.78 is 0. The molecule has 0 saturated carbocycles. The summed E-state index contributed by atoms with van der Waals surface area (Å²) in [5, 5.41) is 4.39. The number of aromatic nitrogens is 2. The van der Waals surface area contributed by atoms with Crippen molar-refractivity contribution >= 4 is 17.2 Å². The molecule has 0 radical (unpaired) electrons. The van der Waals surface area contributed by atoms with Crippen LogP contribution in [0, 0.1) is 6.92 Å². The molecular weight excluding hydrogens is 280 g/mol. The van der Waals surface area contributed by atoms with Crippen molar-refractivity contribution in [2.24, 2.45) is 0 Å². The number of nitrogens with zero attached hydrogens (tertiary/aromatic N) is 4. The van der Waals surface area contributed by atoms with Crippen molar-refractivity contribution in [3.63, 3.8) is 0 Å². The maximum atomic E-state index is 4.70. The summed E-state index contributed by atoms with van der Waals surface area (Å²) in [6.45, 7) is 4.16. The lowest BCUT2D eigenvalue weighted by Crippen LogP contribution is -2.24. The largest absolute Gasteiger partial charge is 0.363 e. The molecule has 3 heterocycles. The van der Waals surface area contributed by atoms with Crippen LogP contribution in [0.15, 0.2) is 22.9 Å². The van der Waals surface area contributed by atoms with E-state index in [9.17, 15) is 0 Å². The zero-order chi connectivity index (χ0) is 14.8. The predicted octanol–water partition coefficient (Wildman–Crippen LogP) is 3.25. The molecule has 1 aliphatic heterocycles. The molecule has 112 valence electrons. The summed E-state index contributed by atoms with van der Waals surface area (Å²) in [5.74, 6) is 1.86. The normalized spacial score (nSPS) is 19.1. The van der Waals surface area contributed by atoms with Gasteiger partial charge >= 0.3 is 0 Å². The highest BCUT2D eigenvalue weighted by Gasteiger charge is 2.27. The van der Waals surface area contributed by atoms with Crippen LogP contribution in [-0.4, -0.2) is 35.5 Å². The van der Waals surface area contributed by atoms with Gasteiger partial charge < -0.3 is 4.90 Å². The minimum Gasteiger partial charge on any atom is -0.363 e. The first-order valence-corrected chi connectivity index (χ1v) is 8.36. The van der Waals surface area contributed by atoms with Crippen LogP contribution in [0.25, 0.3) is 0 Å². The SMILES string of the molecule is Cc1nc(C2CCCN2Cc2ccsc2)cc(N(C)C)n1. The standard InChI is InChI=1S/C16H22N4S/c1-12-17-14(9-16(18-12)19(2)3)15-5-4-7-20(15)10-13-6-8-21-11-13/h6,8-9,11,15H,4-5,7,10H2,1-3H3. The molecular formula is C16H22N4S. The molecule has 3 rings (SSSR count). The Labute approximate surface area is 130 Å². The molecule has 0 spiro atoms. The van der Waals surface area contributed by atoms with Gasteiger partial charge in [0, 0.05) is 26.7 Å². The molecule has 0 N–H and O–H groups in total. The lowest BCUT2D eigenvalue weighted by atomic mass is 10.1. The van der Waals surface area contributed by atoms with Crippen molar-refractivity contribution in [2.75, 3.05) is 25.5 Å². The predicted molar refractivity (Wildman–Crippen MR) is 87.8 cm³/mol. The number of anilines is 1. The topological polar surface area (TPSA) is 32.3 Å². The van der Waals surface area contributed by atoms with Gasteiger partial charge in [0.05, 0.1) is 11.7 Å². The van der Waals surface area contributed by atoms with Crippen molar-refractivity contribution in [2.45, 2.75) is 32.4 Å². The van der Waals surface area contributed by atoms with Crippen LogP contribution < -0.4 is 4.90 Å². The second kappa shape index (κ2) is 6.12. The summed E-state index contributed by atoms with van der Waals surface area (Å²) in [6.07, 6.45) is 2.43. The Hall–Kier alpha value is -1.46. The number of rotatable bonds is 4. The van der Waals surface area contributed by atoms with Crippen molar-refractivity contribution in [1.29, 1.82) is 0 Å². The molecule has 0 bridgehead atoms. The van der Waals surface area contributed by atoms with E-state index in [1.807, 2.05) is 21.0 Å². The third-order valence-corrected chi connectivity index (χ3v) is 4.71. The molecule has 0 aromatic carbocycles. The number of thiophene rings is 1. The van der Waals surface area contributed by atoms with E-state index in [1.165, 1.54) is 24.1 Å². The lowest BCUT2D eigenvalue weighted by molar-refractivity contribution is 0.244. The summed E-state index contributed by atoms with van der Waals surface area (Å²) in [6, 6.07) is 4.78. The van der Waals surface area contributed by atoms with Gasteiger partial charge in [0.2, 0.25) is 0 Å². The molecule has 2 aromatic rings. The van der Waals surface area contributed by atoms with E-state index in [2.05, 4.69) is 37.7 Å². The van der Waals surface area contributed by atoms with Gasteiger partial charge in [-0.25, -0.2) is 9.97 Å². The summed E-state index contributed by atoms with van der Waals surface area (Å²) in [4.78, 5) is 13.8. The van der Waals surface area contributed by atoms with Crippen LogP contribution in [0.5, 0.6) is 0 Å². The first kappa shape index (κ1) is 14.5. The average Bonchev–Trinajstić information content (AvgIpc) is 3.10. The molecule has 1 unspecified atom stereocenters. The lowest BCUT2D eigenvalue weighted by Gasteiger charge is -2.24. The van der Waals surface area contributed by atoms with Crippen LogP contribution >= 0.6 is 11.3 Å². The number of hydrogen-bond donors (Lipinski definition) is 0. The Morgan fingerprint density at radius 1 is 1.38 bits per heavy atom. The highest BCUT2D eigenvalue weighted by atomic mass is 32.1. The second-order valence-electron chi connectivity index (χ2n) is 5.85. The zero-order valence-electron chi connectivity index (χ0n) is 12.9. The van der Waals surface area contributed by atoms with Crippen LogP contribution in [-0.2, 0) is 6.54 Å². The fraction of sp³-hybridized carbons (Fsp3) is 0.500. The zero-order valence-corrected chi connectivity index (χ0v) is 13.7. The summed E-state index contributed by atoms with van der Waals surface area (Å²) in [7, 11) is 4.06. The molecule has 21 heavy (non-hydrogen) atoms. The third kappa shape index (κ3) is 3.24. The molecule has 4 nitrogen and oxygen atoms in total. The van der Waals surface area contributed by atoms with Crippen molar-refractivity contribution < 1.29 is 0 Å². The van der Waals surface area contributed by atoms with Gasteiger partial charge in [-0.1, -0.05) is 0 Å². The number of aryl methyl sites for hydroxylation is 1. The maximum Gasteiger partial charge on any atom is 0.132 e. The Balaban J connectivity index is 1.84. The third-order valence-electron chi connectivity index (χ3n) is 3.97. The minimum atomic E-state index is 0.422. The van der Waals surface area contributed by atoms with Gasteiger partial charge in [-0.2, -0.15) is 11.3 Å². The highest BCUT2D eigenvalue weighted by molar-refractivity contribution is 7.07. The van der Waals surface area contributed by atoms with Gasteiger partial charge in [-0.05, 0) is 48.7 Å². The van der Waals surface area contributed by atoms with E-state index in [0.717, 1.165) is 24.7 Å². The van der Waals surface area contributed by atoms with Crippen molar-refractivity contribution in [3.05, 3.63) is 40.0 Å². The summed E-state index contributed by atoms with van der Waals surface area (Å²) >= 11 is 1.77. The van der Waals surface area contributed by atoms with Gasteiger partial charge in [0.15, 0.2) is 0 Å². The Morgan fingerprint density at radius 3 is 2.95 bits per heavy atom. The highest BCUT2D eigenvalue weighted by Crippen LogP contribution is 2.33. The fourth-order valence-electron chi connectivity index (χ4n) is 2.94. The maximum absolute atomic E-state index is 4.70. The Bertz CT molecular complexity index is 594. The smallest absolute Gasteiger partial charge is 0.132 e. The van der Waals surface area contributed by atoms with Crippen molar-refractivity contribution in [1.82, 2.24) is 14.9 Å². The van der Waals surface area contributed by atoms with Crippen molar-refractivity contribution in [3.8, 4) is 0 Å². The van der Waals surface area contributed by atoms with Gasteiger partial charge in [-0.15, -0.1) is 0 Å². The molecule has 1 saturated heterocycles. The molecule has 1 fully saturated rings. The van der Waals surface area contributed by atoms with Gasteiger partial charge in [0.1, 0.15) is 11.6 Å². The molecule has 1 atom stereocenters. The van der Waals surface area contributed by atoms with E-state index in [0.29, 0.717) is 6.04 Å². The first-order chi connectivity index (χ1) is 10.1. The Kier molecular flexibility index (Phi) is 4.22. The van der Waals surface area contributed by atoms with Gasteiger partial charge in [0.25, 0.3) is 0 Å². The number of hydrogen-bond acceptors (Lipinski definition) is 5. The molecule has 0 amide bonds. The summed E-state index contributed by atoms with van der Waals surface area (Å²) in [5.41, 5.74) is 2.57. The molecule has 5 heteroatoms. The fourth-order valence-corrected chi connectivity index (χ4v) is 3.60. The molecule has 1 aliphatic rings. The Morgan fingerprint density at radius 2 is 2.24 bits per heavy atom. The first-order valence-electron chi connectivity index (χ1n) is 7.41. The van der Waals surface area contributed by atoms with Crippen LogP contribution in [0.1, 0.15) is 36.0 Å². The van der Waals surface area contributed by atoms with E-state index in [-0.39, 0.29) is 0 Å². The van der Waals surface area contributed by atoms with Crippen LogP contribution in [0.3, 0.4) is 0 Å². The van der Waals surface area contributed by atoms with E-state index in [4.69, 9.17) is 4.98 Å². The number of likely N-dealkylation sites (tertiary alicyclic amines) is 1. The monoisotopic (exact) mass is 302 g/mol. The second-order valence-corrected chi connectivity index (χ2v) is 6.63. The van der Waals surface area contributed by atoms with E-state index < -0.39 is 0 Å². The quantitative estimate of drug-likeness (QED) is 0.868. The van der Waals surface area contributed by atoms with E-state index in [1.54, 1.807) is 11.3 Å². The minimum absolute atomic E-state index is 0.422. The van der Waals surface area contributed by atoms with Crippen LogP contribution in [0.2, 0.25) is 0 Å². The molecule has 0 aliphatic carbocycles. The van der Waals surface area contributed by atoms with E-state index >= 15 is 0 Å². The molecule has 2 aromatic heterocycles.